The number of aryl methyl sites for hydroxylation is 2. The molecular formula is C27H32N2O3. The second kappa shape index (κ2) is 10.8. The van der Waals surface area contributed by atoms with Gasteiger partial charge in [0.15, 0.2) is 0 Å². The maximum atomic E-state index is 12.7. The molecule has 168 valence electrons. The van der Waals surface area contributed by atoms with E-state index in [0.717, 1.165) is 40.0 Å². The number of carbonyl (C=O) groups excluding carboxylic acids is 1. The number of hydrogen-bond donors (Lipinski definition) is 3. The number of rotatable bonds is 9. The van der Waals surface area contributed by atoms with Gasteiger partial charge in [0, 0.05) is 12.1 Å². The molecule has 0 heterocycles. The van der Waals surface area contributed by atoms with Crippen molar-refractivity contribution in [1.29, 1.82) is 0 Å². The highest BCUT2D eigenvalue weighted by Crippen LogP contribution is 2.23. The Hall–Kier alpha value is -3.31. The first-order valence-electron chi connectivity index (χ1n) is 11.0. The van der Waals surface area contributed by atoms with Crippen LogP contribution in [0.15, 0.2) is 60.7 Å². The van der Waals surface area contributed by atoms with Gasteiger partial charge in [-0.05, 0) is 85.7 Å². The maximum Gasteiger partial charge on any atom is 0.237 e. The third-order valence-electron chi connectivity index (χ3n) is 5.57. The van der Waals surface area contributed by atoms with E-state index in [2.05, 4.69) is 29.6 Å². The largest absolute Gasteiger partial charge is 0.508 e. The van der Waals surface area contributed by atoms with Crippen molar-refractivity contribution in [2.45, 2.75) is 46.2 Å². The van der Waals surface area contributed by atoms with Gasteiger partial charge < -0.3 is 20.9 Å². The third kappa shape index (κ3) is 6.11. The molecule has 0 saturated heterocycles. The van der Waals surface area contributed by atoms with E-state index in [0.29, 0.717) is 19.6 Å². The van der Waals surface area contributed by atoms with E-state index in [1.807, 2.05) is 45.0 Å². The van der Waals surface area contributed by atoms with Crippen LogP contribution in [0.4, 0.5) is 0 Å². The lowest BCUT2D eigenvalue weighted by Crippen LogP contribution is -2.42. The molecule has 0 saturated carbocycles. The predicted octanol–water partition coefficient (Wildman–Crippen LogP) is 4.18. The summed E-state index contributed by atoms with van der Waals surface area (Å²) in [4.78, 5) is 12.7. The average Bonchev–Trinajstić information content (AvgIpc) is 2.76. The summed E-state index contributed by atoms with van der Waals surface area (Å²) in [7, 11) is 0. The number of ether oxygens (including phenoxy) is 1. The minimum absolute atomic E-state index is 0.215. The van der Waals surface area contributed by atoms with Crippen LogP contribution in [0.1, 0.15) is 40.3 Å². The van der Waals surface area contributed by atoms with Gasteiger partial charge in [-0.3, -0.25) is 4.79 Å². The summed E-state index contributed by atoms with van der Waals surface area (Å²) in [5.41, 5.74) is 12.4. The van der Waals surface area contributed by atoms with Gasteiger partial charge in [-0.2, -0.15) is 0 Å². The topological polar surface area (TPSA) is 84.6 Å². The van der Waals surface area contributed by atoms with Crippen molar-refractivity contribution in [3.63, 3.8) is 0 Å². The first-order valence-corrected chi connectivity index (χ1v) is 11.0. The van der Waals surface area contributed by atoms with Gasteiger partial charge in [-0.15, -0.1) is 0 Å². The van der Waals surface area contributed by atoms with E-state index in [1.54, 1.807) is 12.1 Å². The number of benzene rings is 3. The van der Waals surface area contributed by atoms with Crippen LogP contribution in [0.3, 0.4) is 0 Å². The Morgan fingerprint density at radius 1 is 1.03 bits per heavy atom. The highest BCUT2D eigenvalue weighted by Gasteiger charge is 2.17. The van der Waals surface area contributed by atoms with Crippen LogP contribution in [-0.4, -0.2) is 23.7 Å². The number of hydrogen-bond acceptors (Lipinski definition) is 4. The highest BCUT2D eigenvalue weighted by molar-refractivity contribution is 5.82. The fourth-order valence-electron chi connectivity index (χ4n) is 3.93. The van der Waals surface area contributed by atoms with Gasteiger partial charge in [-0.1, -0.05) is 36.4 Å². The van der Waals surface area contributed by atoms with E-state index in [-0.39, 0.29) is 11.7 Å². The monoisotopic (exact) mass is 432 g/mol. The minimum atomic E-state index is -0.681. The maximum absolute atomic E-state index is 12.7. The van der Waals surface area contributed by atoms with Gasteiger partial charge >= 0.3 is 0 Å². The van der Waals surface area contributed by atoms with Crippen LogP contribution >= 0.6 is 0 Å². The second-order valence-electron chi connectivity index (χ2n) is 8.12. The lowest BCUT2D eigenvalue weighted by molar-refractivity contribution is -0.122. The molecule has 0 fully saturated rings. The van der Waals surface area contributed by atoms with Crippen LogP contribution < -0.4 is 15.8 Å². The summed E-state index contributed by atoms with van der Waals surface area (Å²) < 4.78 is 5.77. The predicted molar refractivity (Wildman–Crippen MR) is 128 cm³/mol. The summed E-state index contributed by atoms with van der Waals surface area (Å²) in [6.45, 7) is 6.67. The molecule has 32 heavy (non-hydrogen) atoms. The number of phenolic OH excluding ortho intramolecular Hbond substituents is 1. The van der Waals surface area contributed by atoms with Crippen molar-refractivity contribution in [2.75, 3.05) is 6.61 Å². The summed E-state index contributed by atoms with van der Waals surface area (Å²) in [5, 5.41) is 12.7. The molecule has 5 nitrogen and oxygen atoms in total. The van der Waals surface area contributed by atoms with E-state index in [4.69, 9.17) is 10.5 Å². The molecule has 5 heteroatoms. The molecule has 0 aliphatic heterocycles. The molecule has 4 N–H and O–H groups in total. The molecule has 1 atom stereocenters. The molecule has 3 rings (SSSR count). The zero-order valence-corrected chi connectivity index (χ0v) is 19.0. The van der Waals surface area contributed by atoms with Crippen LogP contribution in [0, 0.1) is 13.8 Å². The number of nitrogens with one attached hydrogen (secondary N) is 1. The second-order valence-corrected chi connectivity index (χ2v) is 8.12. The molecule has 3 aromatic rings. The number of nitrogens with two attached hydrogens (primary N) is 1. The Labute approximate surface area is 190 Å². The molecule has 0 aliphatic rings. The molecule has 0 aliphatic carbocycles. The molecule has 0 spiro atoms. The lowest BCUT2D eigenvalue weighted by Gasteiger charge is -2.17. The van der Waals surface area contributed by atoms with Crippen molar-refractivity contribution < 1.29 is 14.6 Å². The molecule has 1 amide bonds. The molecule has 0 aromatic heterocycles. The van der Waals surface area contributed by atoms with Gasteiger partial charge in [0.1, 0.15) is 11.5 Å². The van der Waals surface area contributed by atoms with E-state index >= 15 is 0 Å². The zero-order chi connectivity index (χ0) is 23.1. The molecule has 0 bridgehead atoms. The Kier molecular flexibility index (Phi) is 7.90. The number of aromatic hydroxyl groups is 1. The van der Waals surface area contributed by atoms with Crippen LogP contribution in [0.5, 0.6) is 11.5 Å². The Balaban J connectivity index is 1.69. The summed E-state index contributed by atoms with van der Waals surface area (Å²) in [5.74, 6) is 0.775. The van der Waals surface area contributed by atoms with Gasteiger partial charge in [-0.25, -0.2) is 0 Å². The summed E-state index contributed by atoms with van der Waals surface area (Å²) in [6, 6.07) is 19.1. The Bertz CT molecular complexity index is 1040. The first kappa shape index (κ1) is 23.4. The van der Waals surface area contributed by atoms with Crippen LogP contribution in [-0.2, 0) is 24.2 Å². The number of carbonyl (C=O) groups is 1. The van der Waals surface area contributed by atoms with Crippen molar-refractivity contribution in [1.82, 2.24) is 5.32 Å². The fraction of sp³-hybridized carbons (Fsp3) is 0.296. The van der Waals surface area contributed by atoms with E-state index < -0.39 is 6.04 Å². The molecule has 0 radical (unpaired) electrons. The van der Waals surface area contributed by atoms with Crippen LogP contribution in [0.2, 0.25) is 0 Å². The van der Waals surface area contributed by atoms with Gasteiger partial charge in [0.25, 0.3) is 0 Å². The number of amides is 1. The summed E-state index contributed by atoms with van der Waals surface area (Å²) in [6.07, 6.45) is 1.23. The number of phenols is 1. The average molecular weight is 433 g/mol. The van der Waals surface area contributed by atoms with Crippen molar-refractivity contribution >= 4 is 5.91 Å². The Morgan fingerprint density at radius 3 is 2.38 bits per heavy atom. The fourth-order valence-corrected chi connectivity index (χ4v) is 3.93. The van der Waals surface area contributed by atoms with Gasteiger partial charge in [0.05, 0.1) is 12.6 Å². The first-order chi connectivity index (χ1) is 15.4. The minimum Gasteiger partial charge on any atom is -0.508 e. The Morgan fingerprint density at radius 2 is 1.72 bits per heavy atom. The molecule has 0 unspecified atom stereocenters. The lowest BCUT2D eigenvalue weighted by atomic mass is 9.96. The summed E-state index contributed by atoms with van der Waals surface area (Å²) >= 11 is 0. The standard InChI is InChI=1S/C27H32N2O3/c1-4-32-26-11-10-21(14-20-8-6-5-7-9-20)15-22(26)17-29-27(31)25(28)16-24-18(2)12-23(30)13-19(24)3/h5-13,15,25,30H,4,14,16-17,28H2,1-3H3,(H,29,31)/t25-/m0/s1. The third-order valence-corrected chi connectivity index (χ3v) is 5.57. The van der Waals surface area contributed by atoms with Crippen molar-refractivity contribution in [3.05, 3.63) is 94.0 Å². The van der Waals surface area contributed by atoms with E-state index in [9.17, 15) is 9.90 Å². The smallest absolute Gasteiger partial charge is 0.237 e. The van der Waals surface area contributed by atoms with Crippen LogP contribution in [0.25, 0.3) is 0 Å². The molecular weight excluding hydrogens is 400 g/mol. The van der Waals surface area contributed by atoms with Crippen molar-refractivity contribution in [3.8, 4) is 11.5 Å². The quantitative estimate of drug-likeness (QED) is 0.473. The SMILES string of the molecule is CCOc1ccc(Cc2ccccc2)cc1CNC(=O)[C@@H](N)Cc1c(C)cc(O)cc1C. The zero-order valence-electron chi connectivity index (χ0n) is 19.0. The highest BCUT2D eigenvalue weighted by atomic mass is 16.5. The molecule has 3 aromatic carbocycles. The van der Waals surface area contributed by atoms with E-state index in [1.165, 1.54) is 5.56 Å². The van der Waals surface area contributed by atoms with Gasteiger partial charge in [0.2, 0.25) is 5.91 Å². The van der Waals surface area contributed by atoms with Crippen molar-refractivity contribution in [2.24, 2.45) is 5.73 Å². The normalized spacial score (nSPS) is 11.8.